The second kappa shape index (κ2) is 31.4. The molecule has 105 heavy (non-hydrogen) atoms. The summed E-state index contributed by atoms with van der Waals surface area (Å²) in [5, 5.41) is 7.27. The van der Waals surface area contributed by atoms with Gasteiger partial charge in [-0.15, -0.1) is 34.0 Å². The number of nitrogens with one attached hydrogen (secondary N) is 3. The molecule has 2 atom stereocenters. The number of aromatic nitrogens is 5. The first-order chi connectivity index (χ1) is 50.1. The van der Waals surface area contributed by atoms with Gasteiger partial charge < -0.3 is 33.6 Å². The van der Waals surface area contributed by atoms with E-state index in [4.69, 9.17) is 0 Å². The van der Waals surface area contributed by atoms with Gasteiger partial charge in [0.25, 0.3) is 36.0 Å². The number of aryl methyl sites for hydroxylation is 1. The number of nitrogens with zero attached hydrogens (tertiary/aromatic N) is 10. The maximum Gasteiger partial charge on any atom is 0.416 e. The van der Waals surface area contributed by atoms with E-state index < -0.39 is 65.1 Å². The Hall–Kier alpha value is -9.87. The highest BCUT2D eigenvalue weighted by atomic mass is 32.2. The second-order valence-electron chi connectivity index (χ2n) is 25.0. The molecule has 3 saturated heterocycles. The number of carbonyl (C=O) groups is 3. The first kappa shape index (κ1) is 74.8. The first-order valence-corrected chi connectivity index (χ1v) is 40.0. The maximum absolute atomic E-state index is 14.2. The van der Waals surface area contributed by atoms with Crippen LogP contribution in [0.4, 0.5) is 53.1 Å². The van der Waals surface area contributed by atoms with Crippen LogP contribution in [0.1, 0.15) is 73.0 Å². The number of alkyl halides is 3. The average Bonchev–Trinajstić information content (AvgIpc) is 1.59. The van der Waals surface area contributed by atoms with Crippen molar-refractivity contribution in [2.24, 2.45) is 0 Å². The summed E-state index contributed by atoms with van der Waals surface area (Å²) < 4.78 is 166. The van der Waals surface area contributed by atoms with Crippen molar-refractivity contribution < 1.29 is 73.1 Å². The summed E-state index contributed by atoms with van der Waals surface area (Å²) in [5.41, 5.74) is 3.59. The van der Waals surface area contributed by atoms with Crippen LogP contribution in [0.5, 0.6) is 0 Å². The molecular formula is C71H79F6N13O9S6. The lowest BCUT2D eigenvalue weighted by atomic mass is 9.89. The van der Waals surface area contributed by atoms with Crippen molar-refractivity contribution in [1.82, 2.24) is 38.8 Å². The van der Waals surface area contributed by atoms with E-state index in [1.165, 1.54) is 64.1 Å². The maximum atomic E-state index is 14.2. The van der Waals surface area contributed by atoms with Crippen LogP contribution in [-0.2, 0) is 52.4 Å². The molecule has 5 aromatic heterocycles. The Morgan fingerprint density at radius 3 is 1.64 bits per heavy atom. The molecule has 0 saturated carbocycles. The molecule has 0 radical (unpaired) electrons. The summed E-state index contributed by atoms with van der Waals surface area (Å²) in [5.74, 6) is -2.20. The summed E-state index contributed by atoms with van der Waals surface area (Å²) in [6, 6.07) is 34.4. The minimum Gasteiger partial charge on any atom is -0.368 e. The van der Waals surface area contributed by atoms with E-state index in [-0.39, 0.29) is 82.0 Å². The smallest absolute Gasteiger partial charge is 0.368 e. The van der Waals surface area contributed by atoms with Crippen LogP contribution < -0.4 is 24.0 Å². The zero-order valence-corrected chi connectivity index (χ0v) is 61.3. The zero-order chi connectivity index (χ0) is 74.5. The van der Waals surface area contributed by atoms with Crippen molar-refractivity contribution in [3.05, 3.63) is 220 Å². The van der Waals surface area contributed by atoms with Gasteiger partial charge in [0.1, 0.15) is 30.0 Å². The number of anilines is 5. The highest BCUT2D eigenvalue weighted by molar-refractivity contribution is 7.93. The first-order valence-electron chi connectivity index (χ1n) is 32.9. The van der Waals surface area contributed by atoms with Gasteiger partial charge in [-0.2, -0.15) is 13.2 Å². The number of hydrogen-bond donors (Lipinski definition) is 3. The quantitative estimate of drug-likeness (QED) is 0.0717. The Kier molecular flexibility index (Phi) is 22.4. The third kappa shape index (κ3) is 17.4. The largest absolute Gasteiger partial charge is 0.416 e. The number of benzene rings is 6. The molecule has 6 aromatic carbocycles. The van der Waals surface area contributed by atoms with Crippen molar-refractivity contribution in [3.8, 4) is 0 Å². The minimum atomic E-state index is -4.69. The third-order valence-electron chi connectivity index (χ3n) is 18.3. The summed E-state index contributed by atoms with van der Waals surface area (Å²) >= 11 is 3.60. The predicted octanol–water partition coefficient (Wildman–Crippen LogP) is 14.4. The number of likely N-dealkylation sites (tertiary alicyclic amines) is 1. The predicted molar refractivity (Wildman–Crippen MR) is 403 cm³/mol. The van der Waals surface area contributed by atoms with Crippen LogP contribution in [0.25, 0.3) is 21.8 Å². The molecule has 3 N–H and O–H groups in total. The Bertz CT molecular complexity index is 5280. The highest BCUT2D eigenvalue weighted by Crippen LogP contribution is 2.35. The topological polar surface area (TPSA) is 254 Å². The van der Waals surface area contributed by atoms with Crippen molar-refractivity contribution in [2.75, 3.05) is 82.9 Å². The molecule has 0 aliphatic carbocycles. The lowest BCUT2D eigenvalue weighted by Gasteiger charge is -2.41. The highest BCUT2D eigenvalue weighted by Gasteiger charge is 2.35. The molecular weight excluding hydrogens is 1490 g/mol. The number of thiazole rings is 3. The molecule has 3 aliphatic heterocycles. The molecule has 3 amide bonds. The van der Waals surface area contributed by atoms with Crippen molar-refractivity contribution in [1.29, 1.82) is 0 Å². The van der Waals surface area contributed by atoms with Gasteiger partial charge in [0, 0.05) is 146 Å². The van der Waals surface area contributed by atoms with E-state index in [0.717, 1.165) is 63.8 Å². The molecule has 0 bridgehead atoms. The number of halogens is 6. The van der Waals surface area contributed by atoms with Crippen molar-refractivity contribution in [2.45, 2.75) is 79.0 Å². The number of sulfonamides is 3. The minimum absolute atomic E-state index is 0. The number of piperidine rings is 1. The molecule has 3 fully saturated rings. The van der Waals surface area contributed by atoms with Crippen LogP contribution >= 0.6 is 34.0 Å². The molecule has 8 heterocycles. The summed E-state index contributed by atoms with van der Waals surface area (Å²) in [4.78, 5) is 60.4. The number of amides is 3. The van der Waals surface area contributed by atoms with Gasteiger partial charge in [0.15, 0.2) is 15.4 Å². The molecule has 34 heteroatoms. The van der Waals surface area contributed by atoms with E-state index >= 15 is 0 Å². The number of rotatable bonds is 17. The number of fused-ring (bicyclic) bond motifs is 2. The van der Waals surface area contributed by atoms with Crippen LogP contribution in [-0.4, -0.2) is 147 Å². The lowest BCUT2D eigenvalue weighted by molar-refractivity contribution is -0.138. The van der Waals surface area contributed by atoms with E-state index in [9.17, 15) is 66.0 Å². The lowest BCUT2D eigenvalue weighted by Crippen LogP contribution is -2.54. The third-order valence-corrected chi connectivity index (χ3v) is 24.9. The molecule has 0 spiro atoms. The molecule has 0 unspecified atom stereocenters. The van der Waals surface area contributed by atoms with Gasteiger partial charge in [-0.1, -0.05) is 18.2 Å². The van der Waals surface area contributed by atoms with E-state index in [0.29, 0.717) is 79.1 Å². The summed E-state index contributed by atoms with van der Waals surface area (Å²) in [7, 11) is -11.2. The molecule has 3 aliphatic rings. The molecule has 11 aromatic rings. The fourth-order valence-electron chi connectivity index (χ4n) is 12.8. The fraction of sp³-hybridized carbons (Fsp3) is 0.268. The van der Waals surface area contributed by atoms with Crippen LogP contribution in [0.3, 0.4) is 0 Å². The van der Waals surface area contributed by atoms with Crippen LogP contribution in [0.2, 0.25) is 0 Å². The second-order valence-corrected chi connectivity index (χ2v) is 32.7. The Labute approximate surface area is 620 Å². The SMILES string of the molecule is C[C@H](C(=O)N1CCC(c2ccc(S(=O)(=O)Nc3nccs3)cc2)CC1)n1ccc2c(F)cccc21.Cc1cc2cc(F)ccc2n1CC(=O)N1CCN(c2ccc(S(=O)(=O)Nc3nccs3)cc2)C[C@@H]1C.O=C(c1ccc(C(F)(F)F)cc1F)N1CCN(c2ccc(S(=O)(=O)Nc3nccs3)cc2)CC1.[HH].[HH].[HH].[HH].[HH]. The number of carbonyl (C=O) groups excluding carboxylic acids is 3. The summed E-state index contributed by atoms with van der Waals surface area (Å²) in [6.07, 6.45) is 3.24. The van der Waals surface area contributed by atoms with E-state index in [2.05, 4.69) is 34.0 Å². The number of piperazine rings is 2. The van der Waals surface area contributed by atoms with Gasteiger partial charge in [0.2, 0.25) is 11.8 Å². The van der Waals surface area contributed by atoms with Crippen molar-refractivity contribution >= 4 is 130 Å². The average molecular weight is 1560 g/mol. The van der Waals surface area contributed by atoms with Crippen LogP contribution in [0.15, 0.2) is 195 Å². The standard InChI is InChI=1S/C25H26FN5O3S2.C25H25FN4O3S2.C21H18F4N4O3S2.5H2/c1-17-13-19-14-20(26)3-8-23(19)31(17)16-24(32)30-11-10-29(15-18(30)2)21-4-6-22(7-5-21)36(33,34)28-25-27-9-12-35-25;1-17(30-15-11-21-22(26)3-2-4-23(21)30)24(31)29-13-9-19(10-14-29)18-5-7-20(8-6-18)35(32,33)28-25-27-12-16-34-25;22-18-13-14(21(23,24)25)1-6-17(18)19(30)29-10-8-28(9-11-29)15-2-4-16(5-3-15)34(31,32)27-20-26-7-12-33-20;;;;;/h3-9,12-14,18H,10-11,15-16H2,1-2H3,(H,27,28);2-8,11-12,15-17,19H,9-10,13-14H2,1H3,(H,27,28);1-7,12-13H,8-11H2,(H,26,27);5*1H/t18-;17-;;;;;;/m01....../s1. The molecule has 14 rings (SSSR count). The Balaban J connectivity index is 0.000000224. The van der Waals surface area contributed by atoms with Crippen LogP contribution in [0, 0.1) is 24.4 Å². The Morgan fingerprint density at radius 2 is 1.12 bits per heavy atom. The fourth-order valence-corrected chi connectivity index (χ4v) is 18.2. The molecule has 22 nitrogen and oxygen atoms in total. The van der Waals surface area contributed by atoms with Crippen molar-refractivity contribution in [3.63, 3.8) is 0 Å². The number of hydrogen-bond acceptors (Lipinski definition) is 17. The van der Waals surface area contributed by atoms with Gasteiger partial charge >= 0.3 is 6.18 Å². The van der Waals surface area contributed by atoms with E-state index in [1.807, 2.05) is 68.9 Å². The van der Waals surface area contributed by atoms with Gasteiger partial charge in [-0.25, -0.2) is 53.4 Å². The van der Waals surface area contributed by atoms with Gasteiger partial charge in [-0.05, 0) is 166 Å². The van der Waals surface area contributed by atoms with Gasteiger partial charge in [-0.3, -0.25) is 28.5 Å². The Morgan fingerprint density at radius 1 is 0.590 bits per heavy atom. The zero-order valence-electron chi connectivity index (χ0n) is 56.4. The summed E-state index contributed by atoms with van der Waals surface area (Å²) in [6.45, 7) is 10.3. The van der Waals surface area contributed by atoms with E-state index in [1.54, 1.807) is 101 Å². The normalized spacial score (nSPS) is 15.7. The molecule has 560 valence electrons. The monoisotopic (exact) mass is 1560 g/mol. The van der Waals surface area contributed by atoms with Gasteiger partial charge in [0.05, 0.1) is 31.3 Å².